The Morgan fingerprint density at radius 1 is 1.20 bits per heavy atom. The maximum atomic E-state index is 10.8. The average Bonchev–Trinajstić information content (AvgIpc) is 1.60. The minimum atomic E-state index is -1.35. The van der Waals surface area contributed by atoms with Crippen molar-refractivity contribution in [1.82, 2.24) is 0 Å². The van der Waals surface area contributed by atoms with Gasteiger partial charge in [-0.2, -0.15) is 0 Å². The standard InChI is InChI=1S/C7H14O2Si/c1-6(8)7(9)5-10(2,3)4/h5H2,1-4H3. The van der Waals surface area contributed by atoms with Crippen molar-refractivity contribution in [3.63, 3.8) is 0 Å². The molecule has 0 bridgehead atoms. The molecule has 0 heterocycles. The van der Waals surface area contributed by atoms with Gasteiger partial charge >= 0.3 is 0 Å². The fourth-order valence-corrected chi connectivity index (χ4v) is 1.82. The predicted octanol–water partition coefficient (Wildman–Crippen LogP) is 1.48. The predicted molar refractivity (Wildman–Crippen MR) is 43.8 cm³/mol. The van der Waals surface area contributed by atoms with E-state index in [1.54, 1.807) is 0 Å². The van der Waals surface area contributed by atoms with Crippen molar-refractivity contribution in [2.24, 2.45) is 0 Å². The third-order valence-electron chi connectivity index (χ3n) is 1.08. The van der Waals surface area contributed by atoms with Gasteiger partial charge in [0.1, 0.15) is 0 Å². The van der Waals surface area contributed by atoms with Gasteiger partial charge in [0.15, 0.2) is 11.6 Å². The molecule has 0 aromatic carbocycles. The summed E-state index contributed by atoms with van der Waals surface area (Å²) < 4.78 is 0. The lowest BCUT2D eigenvalue weighted by atomic mass is 10.3. The molecule has 3 heteroatoms. The first-order chi connectivity index (χ1) is 4.33. The van der Waals surface area contributed by atoms with Crippen LogP contribution in [-0.2, 0) is 9.59 Å². The van der Waals surface area contributed by atoms with Crippen molar-refractivity contribution in [2.45, 2.75) is 32.6 Å². The molecule has 58 valence electrons. The Bertz CT molecular complexity index is 155. The summed E-state index contributed by atoms with van der Waals surface area (Å²) in [4.78, 5) is 21.3. The van der Waals surface area contributed by atoms with Crippen LogP contribution in [0, 0.1) is 0 Å². The van der Waals surface area contributed by atoms with Crippen LogP contribution in [0.2, 0.25) is 25.7 Å². The lowest BCUT2D eigenvalue weighted by Gasteiger charge is -2.12. The van der Waals surface area contributed by atoms with Crippen molar-refractivity contribution in [3.05, 3.63) is 0 Å². The Morgan fingerprint density at radius 2 is 1.60 bits per heavy atom. The Labute approximate surface area is 62.6 Å². The maximum Gasteiger partial charge on any atom is 0.195 e. The summed E-state index contributed by atoms with van der Waals surface area (Å²) in [5.74, 6) is -0.512. The molecule has 0 aromatic rings. The monoisotopic (exact) mass is 158 g/mol. The molecule has 0 fully saturated rings. The quantitative estimate of drug-likeness (QED) is 0.460. The topological polar surface area (TPSA) is 34.1 Å². The number of carbonyl (C=O) groups excluding carboxylic acids is 2. The average molecular weight is 158 g/mol. The van der Waals surface area contributed by atoms with Crippen molar-refractivity contribution < 1.29 is 9.59 Å². The number of hydrogen-bond acceptors (Lipinski definition) is 2. The third-order valence-corrected chi connectivity index (χ3v) is 2.47. The van der Waals surface area contributed by atoms with E-state index in [1.807, 2.05) is 0 Å². The van der Waals surface area contributed by atoms with E-state index < -0.39 is 8.07 Å². The molecule has 0 unspecified atom stereocenters. The molecule has 0 aliphatic heterocycles. The zero-order valence-corrected chi connectivity index (χ0v) is 8.02. The molecule has 0 radical (unpaired) electrons. The van der Waals surface area contributed by atoms with Crippen LogP contribution in [0.1, 0.15) is 6.92 Å². The highest BCUT2D eigenvalue weighted by Crippen LogP contribution is 2.08. The maximum absolute atomic E-state index is 10.8. The molecule has 0 saturated carbocycles. The summed E-state index contributed by atoms with van der Waals surface area (Å²) in [5.41, 5.74) is 0. The Kier molecular flexibility index (Phi) is 2.96. The second kappa shape index (κ2) is 3.10. The van der Waals surface area contributed by atoms with Gasteiger partial charge in [0.25, 0.3) is 0 Å². The number of rotatable bonds is 3. The van der Waals surface area contributed by atoms with Crippen molar-refractivity contribution in [3.8, 4) is 0 Å². The normalized spacial score (nSPS) is 11.2. The number of carbonyl (C=O) groups is 2. The van der Waals surface area contributed by atoms with Crippen LogP contribution in [0.4, 0.5) is 0 Å². The summed E-state index contributed by atoms with van der Waals surface area (Å²) in [6.07, 6.45) is 0. The van der Waals surface area contributed by atoms with Gasteiger partial charge in [-0.3, -0.25) is 9.59 Å². The van der Waals surface area contributed by atoms with Gasteiger partial charge in [-0.25, -0.2) is 0 Å². The van der Waals surface area contributed by atoms with E-state index in [9.17, 15) is 9.59 Å². The molecule has 0 saturated heterocycles. The van der Waals surface area contributed by atoms with Gasteiger partial charge in [-0.05, 0) is 0 Å². The largest absolute Gasteiger partial charge is 0.291 e. The van der Waals surface area contributed by atoms with E-state index >= 15 is 0 Å². The van der Waals surface area contributed by atoms with Gasteiger partial charge in [0.05, 0.1) is 8.07 Å². The first-order valence-corrected chi connectivity index (χ1v) is 7.07. The second-order valence-electron chi connectivity index (χ2n) is 3.72. The Hall–Kier alpha value is -0.443. The van der Waals surface area contributed by atoms with Crippen LogP contribution < -0.4 is 0 Å². The van der Waals surface area contributed by atoms with E-state index in [-0.39, 0.29) is 11.6 Å². The van der Waals surface area contributed by atoms with E-state index in [4.69, 9.17) is 0 Å². The Morgan fingerprint density at radius 3 is 1.70 bits per heavy atom. The minimum absolute atomic E-state index is 0.209. The zero-order chi connectivity index (χ0) is 8.36. The summed E-state index contributed by atoms with van der Waals surface area (Å²) in [5, 5.41) is 0. The molecule has 0 aromatic heterocycles. The van der Waals surface area contributed by atoms with E-state index in [0.717, 1.165) is 0 Å². The molecule has 2 nitrogen and oxygen atoms in total. The molecular weight excluding hydrogens is 144 g/mol. The smallest absolute Gasteiger partial charge is 0.195 e. The highest BCUT2D eigenvalue weighted by molar-refractivity contribution is 6.80. The molecule has 0 rings (SSSR count). The van der Waals surface area contributed by atoms with Gasteiger partial charge < -0.3 is 0 Å². The van der Waals surface area contributed by atoms with Crippen molar-refractivity contribution >= 4 is 19.6 Å². The summed E-state index contributed by atoms with van der Waals surface area (Å²) in [6.45, 7) is 7.57. The molecule has 10 heavy (non-hydrogen) atoms. The molecule has 0 aliphatic carbocycles. The zero-order valence-electron chi connectivity index (χ0n) is 7.02. The van der Waals surface area contributed by atoms with Gasteiger partial charge in [0, 0.05) is 13.0 Å². The first kappa shape index (κ1) is 9.56. The molecule has 0 atom stereocenters. The van der Waals surface area contributed by atoms with Crippen LogP contribution >= 0.6 is 0 Å². The molecule has 0 spiro atoms. The van der Waals surface area contributed by atoms with E-state index in [0.29, 0.717) is 6.04 Å². The molecule has 0 N–H and O–H groups in total. The summed E-state index contributed by atoms with van der Waals surface area (Å²) in [6, 6.07) is 0.488. The van der Waals surface area contributed by atoms with Gasteiger partial charge in [-0.1, -0.05) is 19.6 Å². The first-order valence-electron chi connectivity index (χ1n) is 3.37. The lowest BCUT2D eigenvalue weighted by molar-refractivity contribution is -0.134. The number of Topliss-reactive ketones (excluding diaryl/α,β-unsaturated/α-hetero) is 2. The van der Waals surface area contributed by atoms with Crippen molar-refractivity contribution in [2.75, 3.05) is 0 Å². The molecule has 0 aliphatic rings. The lowest BCUT2D eigenvalue weighted by Crippen LogP contribution is -2.26. The van der Waals surface area contributed by atoms with E-state index in [1.165, 1.54) is 6.92 Å². The number of hydrogen-bond donors (Lipinski definition) is 0. The fourth-order valence-electron chi connectivity index (χ4n) is 0.606. The number of ketones is 2. The molecular formula is C7H14O2Si. The highest BCUT2D eigenvalue weighted by Gasteiger charge is 2.20. The van der Waals surface area contributed by atoms with Gasteiger partial charge in [-0.15, -0.1) is 0 Å². The van der Waals surface area contributed by atoms with Crippen molar-refractivity contribution in [1.29, 1.82) is 0 Å². The second-order valence-corrected chi connectivity index (χ2v) is 9.19. The minimum Gasteiger partial charge on any atom is -0.291 e. The highest BCUT2D eigenvalue weighted by atomic mass is 28.3. The fraction of sp³-hybridized carbons (Fsp3) is 0.714. The van der Waals surface area contributed by atoms with Crippen LogP contribution in [0.15, 0.2) is 0 Å². The van der Waals surface area contributed by atoms with Gasteiger partial charge in [0.2, 0.25) is 0 Å². The van der Waals surface area contributed by atoms with Crippen LogP contribution in [-0.4, -0.2) is 19.6 Å². The third kappa shape index (κ3) is 4.44. The summed E-state index contributed by atoms with van der Waals surface area (Å²) >= 11 is 0. The van der Waals surface area contributed by atoms with Crippen LogP contribution in [0.25, 0.3) is 0 Å². The summed E-state index contributed by atoms with van der Waals surface area (Å²) in [7, 11) is -1.35. The Balaban J connectivity index is 3.93. The van der Waals surface area contributed by atoms with Crippen LogP contribution in [0.3, 0.4) is 0 Å². The SMILES string of the molecule is CC(=O)C(=O)C[Si](C)(C)C. The molecule has 0 amide bonds. The van der Waals surface area contributed by atoms with E-state index in [2.05, 4.69) is 19.6 Å². The van der Waals surface area contributed by atoms with Crippen LogP contribution in [0.5, 0.6) is 0 Å².